The number of nitrogens with zero attached hydrogens (tertiary/aromatic N) is 6. The van der Waals surface area contributed by atoms with E-state index in [4.69, 9.17) is 0 Å². The number of thiazole rings is 1. The number of amides is 5. The summed E-state index contributed by atoms with van der Waals surface area (Å²) in [6, 6.07) is 28.0. The standard InChI is InChI=1S/C76H101FN10O8S3/c1-51-41-62(98(94,95)82-70(91)56-23-25-59(26-24-56)85-37-35-84(36-38-85)44-57-29-31-74(7,8)43-63(57)75-47-76(77,48-75)49-75)27-28-64(51)80-58(46-96-61-15-11-9-12-16-61)30-32-83-33-39-86(40-34-83)67(90)18-14-10-13-17-66(89)81-69(73(4,5)6)72(93)87-45-60(88)42-65(87)71(92)79-52(2)54-19-21-55(22-20-54)68-53(3)78-50-97-68/h9,11-12,15-16,19-28,41,50,52,58,60,65,69,80,88H,10,13-14,17-18,29-40,42-49H2,1-8H3,(H,79,92)(H,81,89)(H,82,91)/t52-,58+,60+,65-,69+,75?,76?/m0/s1. The molecule has 4 aromatic carbocycles. The molecule has 3 saturated carbocycles. The van der Waals surface area contributed by atoms with Crippen molar-refractivity contribution >= 4 is 74.0 Å². The number of halogens is 1. The van der Waals surface area contributed by atoms with Crippen molar-refractivity contribution in [3.8, 4) is 10.4 Å². The van der Waals surface area contributed by atoms with Crippen molar-refractivity contribution in [1.82, 2.24) is 39.9 Å². The first-order valence-corrected chi connectivity index (χ1v) is 38.7. The van der Waals surface area contributed by atoms with Crippen molar-refractivity contribution in [2.24, 2.45) is 16.2 Å². The molecule has 5 atom stereocenters. The van der Waals surface area contributed by atoms with Gasteiger partial charge in [-0.3, -0.25) is 33.8 Å². The number of aliphatic hydroxyl groups excluding tert-OH is 1. The number of unbranched alkanes of at least 4 members (excludes halogenated alkanes) is 2. The van der Waals surface area contributed by atoms with Crippen molar-refractivity contribution < 1.29 is 41.9 Å². The normalized spacial score (nSPS) is 22.9. The molecule has 12 rings (SSSR count). The average molecular weight is 1400 g/mol. The molecular weight excluding hydrogens is 1300 g/mol. The first kappa shape index (κ1) is 72.6. The Hall–Kier alpha value is -6.69. The Kier molecular flexibility index (Phi) is 22.7. The lowest BCUT2D eigenvalue weighted by molar-refractivity contribution is -0.193. The lowest BCUT2D eigenvalue weighted by atomic mass is 9.38. The number of carbonyl (C=O) groups is 5. The van der Waals surface area contributed by atoms with Gasteiger partial charge >= 0.3 is 0 Å². The van der Waals surface area contributed by atoms with Crippen LogP contribution in [-0.2, 0) is 29.2 Å². The number of piperazine rings is 2. The molecule has 0 radical (unpaired) electrons. The fourth-order valence-corrected chi connectivity index (χ4v) is 18.2. The smallest absolute Gasteiger partial charge is 0.264 e. The Labute approximate surface area is 587 Å². The van der Waals surface area contributed by atoms with E-state index in [-0.39, 0.29) is 70.5 Å². The van der Waals surface area contributed by atoms with Crippen molar-refractivity contribution in [2.45, 2.75) is 185 Å². The maximum atomic E-state index is 14.7. The van der Waals surface area contributed by atoms with E-state index in [9.17, 15) is 41.9 Å². The molecule has 5 amide bonds. The predicted molar refractivity (Wildman–Crippen MR) is 387 cm³/mol. The summed E-state index contributed by atoms with van der Waals surface area (Å²) in [5, 5.41) is 20.5. The fraction of sp³-hybridized carbons (Fsp3) is 0.553. The highest BCUT2D eigenvalue weighted by Crippen LogP contribution is 2.74. The highest BCUT2D eigenvalue weighted by Gasteiger charge is 2.71. The lowest BCUT2D eigenvalue weighted by Gasteiger charge is -2.68. The molecule has 3 aliphatic heterocycles. The number of carbonyl (C=O) groups excluding carboxylic acids is 5. The van der Waals surface area contributed by atoms with Gasteiger partial charge in [-0.05, 0) is 161 Å². The summed E-state index contributed by atoms with van der Waals surface area (Å²) in [6.45, 7) is 23.9. The monoisotopic (exact) mass is 1400 g/mol. The third-order valence-electron chi connectivity index (χ3n) is 21.2. The van der Waals surface area contributed by atoms with E-state index in [1.54, 1.807) is 58.5 Å². The van der Waals surface area contributed by atoms with Gasteiger partial charge in [-0.25, -0.2) is 22.5 Å². The minimum Gasteiger partial charge on any atom is -0.391 e. The lowest BCUT2D eigenvalue weighted by Crippen LogP contribution is -2.65. The van der Waals surface area contributed by atoms with Crippen LogP contribution in [-0.4, -0.2) is 175 Å². The number of rotatable bonds is 27. The zero-order valence-electron chi connectivity index (χ0n) is 58.5. The molecule has 4 aliphatic carbocycles. The van der Waals surface area contributed by atoms with Gasteiger partial charge in [0.25, 0.3) is 15.9 Å². The molecule has 18 nitrogen and oxygen atoms in total. The van der Waals surface area contributed by atoms with Crippen molar-refractivity contribution in [3.63, 3.8) is 0 Å². The van der Waals surface area contributed by atoms with Gasteiger partial charge < -0.3 is 35.8 Å². The molecule has 3 saturated heterocycles. The summed E-state index contributed by atoms with van der Waals surface area (Å²) in [6.07, 6.45) is 7.85. The van der Waals surface area contributed by atoms with Crippen LogP contribution < -0.4 is 25.6 Å². The van der Waals surface area contributed by atoms with Crippen molar-refractivity contribution in [2.75, 3.05) is 88.0 Å². The van der Waals surface area contributed by atoms with Crippen LogP contribution in [0.4, 0.5) is 15.8 Å². The first-order valence-electron chi connectivity index (χ1n) is 35.3. The molecule has 4 heterocycles. The molecule has 528 valence electrons. The third kappa shape index (κ3) is 17.7. The highest BCUT2D eigenvalue weighted by atomic mass is 32.2. The fourth-order valence-electron chi connectivity index (χ4n) is 15.4. The van der Waals surface area contributed by atoms with Gasteiger partial charge in [-0.1, -0.05) is 94.7 Å². The van der Waals surface area contributed by atoms with Crippen LogP contribution in [0, 0.1) is 30.1 Å². The van der Waals surface area contributed by atoms with E-state index in [0.717, 1.165) is 121 Å². The van der Waals surface area contributed by atoms with Crippen LogP contribution in [0.3, 0.4) is 0 Å². The number of β-amino-alcohol motifs (C(OH)–C–C–N with tert-alkyl or cyclic N) is 1. The van der Waals surface area contributed by atoms with E-state index >= 15 is 0 Å². The Bertz CT molecular complexity index is 3790. The van der Waals surface area contributed by atoms with Crippen molar-refractivity contribution in [3.05, 3.63) is 136 Å². The maximum Gasteiger partial charge on any atom is 0.264 e. The molecule has 2 bridgehead atoms. The molecule has 5 aromatic rings. The third-order valence-corrected chi connectivity index (χ3v) is 24.7. The maximum absolute atomic E-state index is 14.7. The van der Waals surface area contributed by atoms with E-state index in [0.29, 0.717) is 58.0 Å². The van der Waals surface area contributed by atoms with Crippen LogP contribution in [0.2, 0.25) is 0 Å². The predicted octanol–water partition coefficient (Wildman–Crippen LogP) is 11.5. The summed E-state index contributed by atoms with van der Waals surface area (Å²) in [7, 11) is -4.21. The molecule has 98 heavy (non-hydrogen) atoms. The summed E-state index contributed by atoms with van der Waals surface area (Å²) < 4.78 is 44.5. The number of aromatic nitrogens is 1. The minimum atomic E-state index is -4.21. The highest BCUT2D eigenvalue weighted by molar-refractivity contribution is 7.99. The molecule has 1 aromatic heterocycles. The number of hydrogen-bond donors (Lipinski definition) is 5. The van der Waals surface area contributed by atoms with Crippen LogP contribution in [0.15, 0.2) is 124 Å². The van der Waals surface area contributed by atoms with Crippen LogP contribution in [0.25, 0.3) is 10.4 Å². The molecule has 22 heteroatoms. The largest absolute Gasteiger partial charge is 0.391 e. The number of aryl methyl sites for hydroxylation is 2. The number of sulfonamides is 1. The molecule has 7 aliphatic rings. The van der Waals surface area contributed by atoms with Gasteiger partial charge in [0, 0.05) is 130 Å². The van der Waals surface area contributed by atoms with E-state index in [1.807, 2.05) is 107 Å². The summed E-state index contributed by atoms with van der Waals surface area (Å²) in [5.41, 5.74) is 9.37. The molecule has 5 N–H and O–H groups in total. The number of aliphatic hydroxyl groups is 1. The van der Waals surface area contributed by atoms with E-state index in [2.05, 4.69) is 66.3 Å². The molecule has 0 unspecified atom stereocenters. The van der Waals surface area contributed by atoms with Gasteiger partial charge in [0.15, 0.2) is 0 Å². The summed E-state index contributed by atoms with van der Waals surface area (Å²) >= 11 is 3.32. The van der Waals surface area contributed by atoms with Crippen molar-refractivity contribution in [1.29, 1.82) is 0 Å². The Morgan fingerprint density at radius 3 is 2.16 bits per heavy atom. The van der Waals surface area contributed by atoms with E-state index in [1.165, 1.54) is 17.4 Å². The van der Waals surface area contributed by atoms with Gasteiger partial charge in [-0.2, -0.15) is 0 Å². The second kappa shape index (κ2) is 30.6. The first-order chi connectivity index (χ1) is 46.6. The number of benzene rings is 4. The zero-order chi connectivity index (χ0) is 69.7. The Morgan fingerprint density at radius 1 is 0.827 bits per heavy atom. The Balaban J connectivity index is 0.598. The SMILES string of the molecule is Cc1cc(S(=O)(=O)NC(=O)c2ccc(N3CCN(CC4=C(C56CC(F)(C5)C6)CC(C)(C)CC4)CC3)cc2)ccc1N[C@H](CCN1CCN(C(=O)CCCCCC(=O)N[C@H](C(=O)N2C[C@H](O)C[C@H]2C(=O)N[C@@H](C)c2ccc(-c3scnc3C)cc2)C(C)(C)C)CC1)CSc1ccccc1. The van der Waals surface area contributed by atoms with Gasteiger partial charge in [0.1, 0.15) is 17.8 Å². The number of alkyl halides is 1. The Morgan fingerprint density at radius 2 is 1.51 bits per heavy atom. The van der Waals surface area contributed by atoms with Gasteiger partial charge in [0.2, 0.25) is 23.6 Å². The number of likely N-dealkylation sites (tertiary alicyclic amines) is 1. The number of hydrogen-bond acceptors (Lipinski definition) is 15. The molecule has 0 spiro atoms. The quantitative estimate of drug-likeness (QED) is 0.0188. The molecular formula is C76H101FN10O8S3. The topological polar surface area (TPSA) is 217 Å². The second-order valence-electron chi connectivity index (χ2n) is 30.5. The summed E-state index contributed by atoms with van der Waals surface area (Å²) in [4.78, 5) is 85.7. The minimum absolute atomic E-state index is 0.00407. The second-order valence-corrected chi connectivity index (χ2v) is 34.2. The zero-order valence-corrected chi connectivity index (χ0v) is 60.9. The number of nitrogens with one attached hydrogen (secondary N) is 4. The number of allylic oxidation sites excluding steroid dienone is 1. The van der Waals surface area contributed by atoms with Gasteiger partial charge in [-0.15, -0.1) is 23.1 Å². The van der Waals surface area contributed by atoms with Gasteiger partial charge in [0.05, 0.1) is 33.1 Å². The number of anilines is 2. The van der Waals surface area contributed by atoms with Crippen LogP contribution in [0.1, 0.15) is 158 Å². The van der Waals surface area contributed by atoms with E-state index < -0.39 is 51.1 Å². The van der Waals surface area contributed by atoms with Crippen LogP contribution >= 0.6 is 23.1 Å². The van der Waals surface area contributed by atoms with Crippen LogP contribution in [0.5, 0.6) is 0 Å². The number of thioether (sulfide) groups is 1. The average Bonchev–Trinajstić information content (AvgIpc) is 0.757. The summed E-state index contributed by atoms with van der Waals surface area (Å²) in [5.74, 6) is -0.925. The molecule has 6 fully saturated rings.